The number of aryl methyl sites for hydroxylation is 2. The van der Waals surface area contributed by atoms with Crippen molar-refractivity contribution >= 4 is 60.6 Å². The van der Waals surface area contributed by atoms with Crippen LogP contribution in [0.3, 0.4) is 0 Å². The lowest BCUT2D eigenvalue weighted by Crippen LogP contribution is -2.49. The van der Waals surface area contributed by atoms with Crippen molar-refractivity contribution in [2.45, 2.75) is 30.6 Å². The minimum absolute atomic E-state index is 0.168. The Morgan fingerprint density at radius 2 is 1.73 bits per heavy atom. The molecule has 0 spiro atoms. The smallest absolute Gasteiger partial charge is 0.243 e. The zero-order chi connectivity index (χ0) is 20.9. The number of hydrogen-bond donors (Lipinski definition) is 0. The van der Waals surface area contributed by atoms with Crippen LogP contribution in [-0.2, 0) is 22.9 Å². The van der Waals surface area contributed by atoms with E-state index in [4.69, 9.17) is 23.2 Å². The fourth-order valence-electron chi connectivity index (χ4n) is 4.24. The molecule has 1 aromatic carbocycles. The maximum atomic E-state index is 13.0. The fourth-order valence-corrected chi connectivity index (χ4v) is 7.28. The SMILES string of the molecule is O=S(=O)(c1ccc(Cl)c(Cl)c1)N1CCN(c2ncnc3sc4c(c23)CCCC4)CC1. The summed E-state index contributed by atoms with van der Waals surface area (Å²) in [5.41, 5.74) is 1.39. The van der Waals surface area contributed by atoms with Crippen LogP contribution in [0, 0.1) is 0 Å². The second kappa shape index (κ2) is 7.91. The number of hydrogen-bond acceptors (Lipinski definition) is 6. The Kier molecular flexibility index (Phi) is 5.39. The number of sulfonamides is 1. The molecule has 30 heavy (non-hydrogen) atoms. The van der Waals surface area contributed by atoms with Gasteiger partial charge in [-0.1, -0.05) is 23.2 Å². The van der Waals surface area contributed by atoms with Crippen molar-refractivity contribution in [3.05, 3.63) is 45.0 Å². The number of aromatic nitrogens is 2. The lowest BCUT2D eigenvalue weighted by Gasteiger charge is -2.35. The van der Waals surface area contributed by atoms with Crippen LogP contribution in [0.25, 0.3) is 10.2 Å². The first-order valence-electron chi connectivity index (χ1n) is 9.90. The third-order valence-corrected chi connectivity index (χ3v) is 9.63. The van der Waals surface area contributed by atoms with E-state index in [9.17, 15) is 8.42 Å². The van der Waals surface area contributed by atoms with Crippen LogP contribution in [-0.4, -0.2) is 48.9 Å². The number of fused-ring (bicyclic) bond motifs is 3. The normalized spacial score (nSPS) is 18.0. The summed E-state index contributed by atoms with van der Waals surface area (Å²) in [6.07, 6.45) is 6.24. The minimum atomic E-state index is -3.62. The molecule has 158 valence electrons. The van der Waals surface area contributed by atoms with Gasteiger partial charge in [0, 0.05) is 31.1 Å². The predicted molar refractivity (Wildman–Crippen MR) is 121 cm³/mol. The van der Waals surface area contributed by atoms with Crippen LogP contribution in [0.1, 0.15) is 23.3 Å². The monoisotopic (exact) mass is 482 g/mol. The number of rotatable bonds is 3. The van der Waals surface area contributed by atoms with E-state index in [-0.39, 0.29) is 9.92 Å². The second-order valence-corrected chi connectivity index (χ2v) is 11.4. The molecule has 0 atom stereocenters. The molecule has 0 amide bonds. The molecule has 0 radical (unpaired) electrons. The highest BCUT2D eigenvalue weighted by Gasteiger charge is 2.31. The van der Waals surface area contributed by atoms with Crippen molar-refractivity contribution in [3.8, 4) is 0 Å². The van der Waals surface area contributed by atoms with E-state index in [0.717, 1.165) is 28.9 Å². The molecule has 6 nitrogen and oxygen atoms in total. The van der Waals surface area contributed by atoms with Gasteiger partial charge in [0.05, 0.1) is 20.3 Å². The van der Waals surface area contributed by atoms with Gasteiger partial charge in [-0.25, -0.2) is 18.4 Å². The number of thiophene rings is 1. The summed E-state index contributed by atoms with van der Waals surface area (Å²) < 4.78 is 27.6. The highest BCUT2D eigenvalue weighted by atomic mass is 35.5. The molecule has 1 saturated heterocycles. The van der Waals surface area contributed by atoms with Gasteiger partial charge in [-0.05, 0) is 49.4 Å². The van der Waals surface area contributed by atoms with Crippen molar-refractivity contribution in [2.24, 2.45) is 0 Å². The van der Waals surface area contributed by atoms with Crippen molar-refractivity contribution in [3.63, 3.8) is 0 Å². The van der Waals surface area contributed by atoms with Gasteiger partial charge in [-0.3, -0.25) is 0 Å². The van der Waals surface area contributed by atoms with Gasteiger partial charge in [0.25, 0.3) is 0 Å². The molecule has 3 heterocycles. The van der Waals surface area contributed by atoms with Crippen LogP contribution < -0.4 is 4.90 Å². The molecule has 2 aliphatic rings. The first-order chi connectivity index (χ1) is 14.4. The Hall–Kier alpha value is -1.45. The fraction of sp³-hybridized carbons (Fsp3) is 0.400. The van der Waals surface area contributed by atoms with E-state index in [1.165, 1.54) is 45.8 Å². The molecule has 0 N–H and O–H groups in total. The summed E-state index contributed by atoms with van der Waals surface area (Å²) in [5, 5.41) is 1.74. The van der Waals surface area contributed by atoms with E-state index in [2.05, 4.69) is 14.9 Å². The van der Waals surface area contributed by atoms with Gasteiger partial charge >= 0.3 is 0 Å². The number of benzene rings is 1. The Morgan fingerprint density at radius 3 is 2.50 bits per heavy atom. The second-order valence-electron chi connectivity index (χ2n) is 7.56. The molecule has 0 saturated carbocycles. The molecular weight excluding hydrogens is 463 g/mol. The first kappa shape index (κ1) is 20.5. The summed E-state index contributed by atoms with van der Waals surface area (Å²) in [4.78, 5) is 13.9. The molecule has 1 aliphatic carbocycles. The van der Waals surface area contributed by atoms with Gasteiger partial charge in [0.2, 0.25) is 10.0 Å². The molecule has 3 aromatic rings. The molecule has 0 unspecified atom stereocenters. The number of anilines is 1. The summed E-state index contributed by atoms with van der Waals surface area (Å²) in [7, 11) is -3.62. The van der Waals surface area contributed by atoms with Crippen molar-refractivity contribution in [1.82, 2.24) is 14.3 Å². The van der Waals surface area contributed by atoms with Gasteiger partial charge in [-0.2, -0.15) is 4.31 Å². The zero-order valence-electron chi connectivity index (χ0n) is 16.1. The molecule has 1 fully saturated rings. The average molecular weight is 483 g/mol. The van der Waals surface area contributed by atoms with E-state index in [0.29, 0.717) is 31.2 Å². The number of piperazine rings is 1. The van der Waals surface area contributed by atoms with E-state index >= 15 is 0 Å². The highest BCUT2D eigenvalue weighted by Crippen LogP contribution is 2.39. The van der Waals surface area contributed by atoms with Crippen LogP contribution >= 0.6 is 34.5 Å². The van der Waals surface area contributed by atoms with Crippen molar-refractivity contribution in [2.75, 3.05) is 31.1 Å². The highest BCUT2D eigenvalue weighted by molar-refractivity contribution is 7.89. The Bertz CT molecular complexity index is 1220. The quantitative estimate of drug-likeness (QED) is 0.553. The lowest BCUT2D eigenvalue weighted by molar-refractivity contribution is 0.384. The Balaban J connectivity index is 1.40. The summed E-state index contributed by atoms with van der Waals surface area (Å²) >= 11 is 13.7. The molecular formula is C20H20Cl2N4O2S2. The van der Waals surface area contributed by atoms with Crippen LogP contribution in [0.15, 0.2) is 29.4 Å². The lowest BCUT2D eigenvalue weighted by atomic mass is 9.97. The van der Waals surface area contributed by atoms with E-state index < -0.39 is 10.0 Å². The van der Waals surface area contributed by atoms with E-state index in [1.54, 1.807) is 17.7 Å². The average Bonchev–Trinajstić information content (AvgIpc) is 3.14. The van der Waals surface area contributed by atoms with Gasteiger partial charge in [-0.15, -0.1) is 11.3 Å². The third kappa shape index (κ3) is 3.48. The van der Waals surface area contributed by atoms with Gasteiger partial charge < -0.3 is 4.90 Å². The molecule has 10 heteroatoms. The summed E-state index contributed by atoms with van der Waals surface area (Å²) in [6.45, 7) is 1.94. The first-order valence-corrected chi connectivity index (χ1v) is 12.9. The maximum Gasteiger partial charge on any atom is 0.243 e. The Morgan fingerprint density at radius 1 is 0.967 bits per heavy atom. The minimum Gasteiger partial charge on any atom is -0.353 e. The maximum absolute atomic E-state index is 13.0. The van der Waals surface area contributed by atoms with Crippen LogP contribution in [0.5, 0.6) is 0 Å². The standard InChI is InChI=1S/C20H20Cl2N4O2S2/c21-15-6-5-13(11-16(15)22)30(27,28)26-9-7-25(8-10-26)19-18-14-3-1-2-4-17(14)29-20(18)24-12-23-19/h5-6,11-12H,1-4,7-10H2. The Labute approximate surface area is 189 Å². The van der Waals surface area contributed by atoms with Gasteiger partial charge in [0.1, 0.15) is 17.0 Å². The third-order valence-electron chi connectivity index (χ3n) is 5.80. The van der Waals surface area contributed by atoms with Crippen molar-refractivity contribution < 1.29 is 8.42 Å². The molecule has 2 aromatic heterocycles. The van der Waals surface area contributed by atoms with Crippen LogP contribution in [0.4, 0.5) is 5.82 Å². The largest absolute Gasteiger partial charge is 0.353 e. The zero-order valence-corrected chi connectivity index (χ0v) is 19.3. The summed E-state index contributed by atoms with van der Waals surface area (Å²) in [6, 6.07) is 4.43. The van der Waals surface area contributed by atoms with E-state index in [1.807, 2.05) is 0 Å². The number of halogens is 2. The topological polar surface area (TPSA) is 66.4 Å². The molecule has 0 bridgehead atoms. The summed E-state index contributed by atoms with van der Waals surface area (Å²) in [5.74, 6) is 0.936. The molecule has 5 rings (SSSR count). The van der Waals surface area contributed by atoms with Crippen molar-refractivity contribution in [1.29, 1.82) is 0 Å². The predicted octanol–water partition coefficient (Wildman–Crippen LogP) is 4.39. The number of nitrogens with zero attached hydrogens (tertiary/aromatic N) is 4. The van der Waals surface area contributed by atoms with Gasteiger partial charge in [0.15, 0.2) is 0 Å². The van der Waals surface area contributed by atoms with Crippen LogP contribution in [0.2, 0.25) is 10.0 Å². The molecule has 1 aliphatic heterocycles.